The zero-order valence-corrected chi connectivity index (χ0v) is 15.1. The molecular weight excluding hydrogens is 330 g/mol. The average molecular weight is 353 g/mol. The van der Waals surface area contributed by atoms with Crippen molar-refractivity contribution in [1.29, 1.82) is 0 Å². The van der Waals surface area contributed by atoms with Crippen LogP contribution in [0.15, 0.2) is 41.5 Å². The van der Waals surface area contributed by atoms with Crippen LogP contribution in [-0.2, 0) is 11.4 Å². The van der Waals surface area contributed by atoms with Crippen LogP contribution in [0.25, 0.3) is 0 Å². The minimum absolute atomic E-state index is 0.0212. The van der Waals surface area contributed by atoms with Gasteiger partial charge in [-0.05, 0) is 19.9 Å². The van der Waals surface area contributed by atoms with Gasteiger partial charge in [-0.3, -0.25) is 9.48 Å². The van der Waals surface area contributed by atoms with E-state index in [2.05, 4.69) is 29.6 Å². The number of carbonyl (C=O) groups excluding carboxylic acids is 1. The van der Waals surface area contributed by atoms with Crippen LogP contribution in [0.3, 0.4) is 0 Å². The number of hydrogen-bond acceptors (Lipinski definition) is 5. The van der Waals surface area contributed by atoms with Crippen LogP contribution in [-0.4, -0.2) is 45.2 Å². The number of hydroxylamine groups is 1. The molecule has 0 unspecified atom stereocenters. The van der Waals surface area contributed by atoms with Crippen LogP contribution in [0, 0.1) is 6.92 Å². The molecule has 7 heteroatoms. The van der Waals surface area contributed by atoms with E-state index in [-0.39, 0.29) is 5.91 Å². The second-order valence-electron chi connectivity index (χ2n) is 6.80. The first-order valence-corrected chi connectivity index (χ1v) is 9.02. The summed E-state index contributed by atoms with van der Waals surface area (Å²) in [6.07, 6.45) is 3.01. The highest BCUT2D eigenvalue weighted by molar-refractivity contribution is 5.99. The monoisotopic (exact) mass is 353 g/mol. The molecule has 0 saturated carbocycles. The Kier molecular flexibility index (Phi) is 4.24. The molecule has 0 atom stereocenters. The zero-order chi connectivity index (χ0) is 18.1. The quantitative estimate of drug-likeness (QED) is 0.917. The fourth-order valence-electron chi connectivity index (χ4n) is 3.43. The standard InChI is InChI=1S/C19H23N5O2/c1-3-24-16(8-11-20-24)18(25)23-12-9-19(10-13-23)21-17(22-26-19)15-6-4-14(2)5-7-15/h4-8,11H,3,9-10,12-13H2,1-2H3,(H,21,22). The molecule has 1 N–H and O–H groups in total. The van der Waals surface area contributed by atoms with Gasteiger partial charge in [0.1, 0.15) is 5.69 Å². The highest BCUT2D eigenvalue weighted by atomic mass is 16.7. The summed E-state index contributed by atoms with van der Waals surface area (Å²) in [5.74, 6) is 0.779. The maximum absolute atomic E-state index is 12.7. The summed E-state index contributed by atoms with van der Waals surface area (Å²) in [5.41, 5.74) is 5.25. The van der Waals surface area contributed by atoms with Crippen molar-refractivity contribution in [3.63, 3.8) is 0 Å². The third-order valence-corrected chi connectivity index (χ3v) is 5.05. The van der Waals surface area contributed by atoms with Gasteiger partial charge in [0.15, 0.2) is 11.6 Å². The van der Waals surface area contributed by atoms with E-state index in [1.54, 1.807) is 16.9 Å². The van der Waals surface area contributed by atoms with Crippen molar-refractivity contribution < 1.29 is 9.63 Å². The van der Waals surface area contributed by atoms with Crippen molar-refractivity contribution in [1.82, 2.24) is 20.2 Å². The molecule has 1 aromatic carbocycles. The number of aromatic nitrogens is 2. The second-order valence-corrected chi connectivity index (χ2v) is 6.80. The van der Waals surface area contributed by atoms with Gasteiger partial charge in [-0.1, -0.05) is 29.8 Å². The van der Waals surface area contributed by atoms with E-state index in [0.29, 0.717) is 38.2 Å². The molecule has 0 bridgehead atoms. The smallest absolute Gasteiger partial charge is 0.272 e. The van der Waals surface area contributed by atoms with Crippen molar-refractivity contribution in [3.8, 4) is 0 Å². The van der Waals surface area contributed by atoms with E-state index >= 15 is 0 Å². The third-order valence-electron chi connectivity index (χ3n) is 5.05. The molecule has 1 spiro atoms. The number of piperidine rings is 1. The molecule has 1 aromatic heterocycles. The number of likely N-dealkylation sites (tertiary alicyclic amines) is 1. The SMILES string of the molecule is CCn1nccc1C(=O)N1CCC2(CC1)N=C(c1ccc(C)cc1)NO2. The highest BCUT2D eigenvalue weighted by Gasteiger charge is 2.41. The summed E-state index contributed by atoms with van der Waals surface area (Å²) in [6, 6.07) is 9.96. The lowest BCUT2D eigenvalue weighted by atomic mass is 10.0. The second kappa shape index (κ2) is 6.57. The molecule has 0 aliphatic carbocycles. The van der Waals surface area contributed by atoms with Crippen LogP contribution in [0.5, 0.6) is 0 Å². The molecule has 4 rings (SSSR count). The van der Waals surface area contributed by atoms with E-state index in [0.717, 1.165) is 11.4 Å². The van der Waals surface area contributed by atoms with Crippen LogP contribution in [0.4, 0.5) is 0 Å². The molecule has 3 heterocycles. The first-order valence-electron chi connectivity index (χ1n) is 9.02. The van der Waals surface area contributed by atoms with Crippen LogP contribution in [0.2, 0.25) is 0 Å². The molecule has 2 aliphatic heterocycles. The van der Waals surface area contributed by atoms with E-state index in [1.807, 2.05) is 24.0 Å². The van der Waals surface area contributed by atoms with Gasteiger partial charge < -0.3 is 4.90 Å². The maximum Gasteiger partial charge on any atom is 0.272 e. The maximum atomic E-state index is 12.7. The Morgan fingerprint density at radius 3 is 2.65 bits per heavy atom. The molecule has 1 saturated heterocycles. The number of nitrogens with zero attached hydrogens (tertiary/aromatic N) is 4. The average Bonchev–Trinajstić information content (AvgIpc) is 3.30. The number of aliphatic imine (C=N–C) groups is 1. The Labute approximate surface area is 152 Å². The largest absolute Gasteiger partial charge is 0.337 e. The minimum atomic E-state index is -0.581. The molecule has 136 valence electrons. The van der Waals surface area contributed by atoms with Crippen molar-refractivity contribution in [2.75, 3.05) is 13.1 Å². The lowest BCUT2D eigenvalue weighted by Gasteiger charge is -2.35. The van der Waals surface area contributed by atoms with E-state index in [1.165, 1.54) is 5.56 Å². The van der Waals surface area contributed by atoms with Gasteiger partial charge in [-0.2, -0.15) is 5.10 Å². The third kappa shape index (κ3) is 2.99. The summed E-state index contributed by atoms with van der Waals surface area (Å²) in [6.45, 7) is 5.94. The number of carbonyl (C=O) groups is 1. The van der Waals surface area contributed by atoms with Gasteiger partial charge in [0, 0.05) is 44.2 Å². The molecule has 7 nitrogen and oxygen atoms in total. The summed E-state index contributed by atoms with van der Waals surface area (Å²) in [5, 5.41) is 4.18. The van der Waals surface area contributed by atoms with E-state index in [4.69, 9.17) is 9.83 Å². The molecule has 1 fully saturated rings. The Bertz CT molecular complexity index is 832. The number of hydrogen-bond donors (Lipinski definition) is 1. The molecule has 2 aromatic rings. The lowest BCUT2D eigenvalue weighted by Crippen LogP contribution is -2.47. The number of amides is 1. The highest BCUT2D eigenvalue weighted by Crippen LogP contribution is 2.31. The van der Waals surface area contributed by atoms with Crippen molar-refractivity contribution >= 4 is 11.7 Å². The van der Waals surface area contributed by atoms with Gasteiger partial charge in [-0.15, -0.1) is 0 Å². The van der Waals surface area contributed by atoms with Gasteiger partial charge in [0.2, 0.25) is 0 Å². The van der Waals surface area contributed by atoms with Crippen LogP contribution in [0.1, 0.15) is 41.4 Å². The van der Waals surface area contributed by atoms with Gasteiger partial charge in [0.05, 0.1) is 0 Å². The van der Waals surface area contributed by atoms with Crippen molar-refractivity contribution in [2.45, 2.75) is 39.0 Å². The van der Waals surface area contributed by atoms with Crippen LogP contribution >= 0.6 is 0 Å². The molecule has 0 radical (unpaired) electrons. The number of nitrogens with one attached hydrogen (secondary N) is 1. The summed E-state index contributed by atoms with van der Waals surface area (Å²) in [4.78, 5) is 25.2. The molecular formula is C19H23N5O2. The summed E-state index contributed by atoms with van der Waals surface area (Å²) in [7, 11) is 0. The van der Waals surface area contributed by atoms with Crippen LogP contribution < -0.4 is 5.48 Å². The first kappa shape index (κ1) is 16.8. The Morgan fingerprint density at radius 1 is 1.23 bits per heavy atom. The summed E-state index contributed by atoms with van der Waals surface area (Å²) < 4.78 is 1.73. The Morgan fingerprint density at radius 2 is 1.96 bits per heavy atom. The van der Waals surface area contributed by atoms with E-state index in [9.17, 15) is 4.79 Å². The lowest BCUT2D eigenvalue weighted by molar-refractivity contribution is -0.0850. The molecule has 2 aliphatic rings. The number of amidine groups is 1. The fraction of sp³-hybridized carbons (Fsp3) is 0.421. The number of aryl methyl sites for hydroxylation is 2. The Balaban J connectivity index is 1.45. The summed E-state index contributed by atoms with van der Waals surface area (Å²) >= 11 is 0. The predicted octanol–water partition coefficient (Wildman–Crippen LogP) is 2.13. The topological polar surface area (TPSA) is 71.8 Å². The van der Waals surface area contributed by atoms with Gasteiger partial charge in [0.25, 0.3) is 5.91 Å². The predicted molar refractivity (Wildman–Crippen MR) is 97.7 cm³/mol. The van der Waals surface area contributed by atoms with E-state index < -0.39 is 5.72 Å². The zero-order valence-electron chi connectivity index (χ0n) is 15.1. The molecule has 1 amide bonds. The first-order chi connectivity index (χ1) is 12.6. The minimum Gasteiger partial charge on any atom is -0.337 e. The van der Waals surface area contributed by atoms with Crippen molar-refractivity contribution in [2.24, 2.45) is 4.99 Å². The normalized spacial score (nSPS) is 18.7. The fourth-order valence-corrected chi connectivity index (χ4v) is 3.43. The van der Waals surface area contributed by atoms with Gasteiger partial charge in [-0.25, -0.2) is 15.3 Å². The Hall–Kier alpha value is -2.67. The number of rotatable bonds is 3. The van der Waals surface area contributed by atoms with Crippen molar-refractivity contribution in [3.05, 3.63) is 53.3 Å². The number of benzene rings is 1. The van der Waals surface area contributed by atoms with Gasteiger partial charge >= 0.3 is 0 Å². The molecule has 26 heavy (non-hydrogen) atoms.